The average Bonchev–Trinajstić information content (AvgIpc) is 3.75. The molecular weight excluding hydrogens is 805 g/mol. The molecule has 6 heteroatoms. The Labute approximate surface area is 377 Å². The topological polar surface area (TPSA) is 41.9 Å². The third kappa shape index (κ3) is 7.19. The Morgan fingerprint density at radius 2 is 1.30 bits per heavy atom. The summed E-state index contributed by atoms with van der Waals surface area (Å²) in [5, 5.41) is 1.32. The van der Waals surface area contributed by atoms with E-state index in [9.17, 15) is 0 Å². The second-order valence-corrected chi connectivity index (χ2v) is 18.6. The van der Waals surface area contributed by atoms with Crippen molar-refractivity contribution in [1.82, 2.24) is 19.9 Å². The Morgan fingerprint density at radius 1 is 0.651 bits per heavy atom. The molecule has 304 valence electrons. The van der Waals surface area contributed by atoms with E-state index in [-0.39, 0.29) is 6.04 Å². The zero-order valence-electron chi connectivity index (χ0n) is 35.2. The van der Waals surface area contributed by atoms with Gasteiger partial charge in [-0.25, -0.2) is 15.0 Å². The lowest BCUT2D eigenvalue weighted by atomic mass is 9.76. The van der Waals surface area contributed by atoms with E-state index in [2.05, 4.69) is 189 Å². The molecule has 2 aliphatic heterocycles. The number of allylic oxidation sites excluding steroid dienone is 8. The Kier molecular flexibility index (Phi) is 10.2. The first kappa shape index (κ1) is 39.0. The van der Waals surface area contributed by atoms with Crippen molar-refractivity contribution in [2.75, 3.05) is 12.8 Å². The van der Waals surface area contributed by atoms with E-state index < -0.39 is 0 Å². The minimum atomic E-state index is 0.0000257. The lowest BCUT2D eigenvalue weighted by Crippen LogP contribution is -2.33. The summed E-state index contributed by atoms with van der Waals surface area (Å²) in [5.74, 6) is 3.04. The van der Waals surface area contributed by atoms with Crippen LogP contribution in [0.1, 0.15) is 52.3 Å². The Hall–Kier alpha value is -6.86. The predicted octanol–water partition coefficient (Wildman–Crippen LogP) is 14.7. The van der Waals surface area contributed by atoms with E-state index in [1.807, 2.05) is 29.5 Å². The molecule has 4 nitrogen and oxygen atoms in total. The van der Waals surface area contributed by atoms with Crippen LogP contribution in [-0.2, 0) is 0 Å². The molecule has 0 N–H and O–H groups in total. The molecule has 3 aliphatic rings. The zero-order chi connectivity index (χ0) is 42.4. The smallest absolute Gasteiger partial charge is 0.164 e. The van der Waals surface area contributed by atoms with Crippen LogP contribution < -0.4 is 0 Å². The molecule has 0 fully saturated rings. The van der Waals surface area contributed by atoms with Gasteiger partial charge >= 0.3 is 0 Å². The summed E-state index contributed by atoms with van der Waals surface area (Å²) in [7, 11) is 2.30. The van der Waals surface area contributed by atoms with E-state index in [0.29, 0.717) is 29.1 Å². The Bertz CT molecular complexity index is 3190. The second-order valence-electron chi connectivity index (χ2n) is 16.5. The minimum Gasteiger partial charge on any atom is -0.365 e. The van der Waals surface area contributed by atoms with Crippen molar-refractivity contribution >= 4 is 55.5 Å². The van der Waals surface area contributed by atoms with Crippen molar-refractivity contribution in [2.24, 2.45) is 5.92 Å². The van der Waals surface area contributed by atoms with Gasteiger partial charge in [0.2, 0.25) is 0 Å². The molecule has 63 heavy (non-hydrogen) atoms. The molecule has 4 heterocycles. The third-order valence-corrected chi connectivity index (χ3v) is 14.8. The summed E-state index contributed by atoms with van der Waals surface area (Å²) >= 11 is 3.70. The van der Waals surface area contributed by atoms with Gasteiger partial charge in [-0.2, -0.15) is 0 Å². The van der Waals surface area contributed by atoms with Crippen molar-refractivity contribution < 1.29 is 0 Å². The summed E-state index contributed by atoms with van der Waals surface area (Å²) in [5.41, 5.74) is 15.4. The van der Waals surface area contributed by atoms with Gasteiger partial charge in [-0.15, -0.1) is 23.1 Å². The fourth-order valence-corrected chi connectivity index (χ4v) is 11.9. The molecule has 1 aliphatic carbocycles. The van der Waals surface area contributed by atoms with Gasteiger partial charge in [0, 0.05) is 72.1 Å². The first-order chi connectivity index (χ1) is 31.0. The summed E-state index contributed by atoms with van der Waals surface area (Å²) in [6, 6.07) is 56.4. The van der Waals surface area contributed by atoms with E-state index in [1.165, 1.54) is 64.5 Å². The number of thiophene rings is 1. The highest BCUT2D eigenvalue weighted by molar-refractivity contribution is 7.99. The molecule has 0 radical (unpaired) electrons. The lowest BCUT2D eigenvalue weighted by Gasteiger charge is -2.43. The fourth-order valence-electron chi connectivity index (χ4n) is 9.40. The first-order valence-electron chi connectivity index (χ1n) is 21.5. The minimum absolute atomic E-state index is 0.0000257. The van der Waals surface area contributed by atoms with E-state index >= 15 is 0 Å². The SMILES string of the molecule is C=C1/C=C\C=C(\c2nc(-c3ccccc3)nc(-c3cccc(C4c5sc6ccccc6c5C5=C(C(C)CC=C5c5ccc(-c6ccccc6)cc5)N4C)c3)n2)CSc2ccccc21. The van der Waals surface area contributed by atoms with Crippen LogP contribution in [0.3, 0.4) is 0 Å². The highest BCUT2D eigenvalue weighted by Crippen LogP contribution is 2.56. The number of nitrogens with zero attached hydrogens (tertiary/aromatic N) is 4. The Morgan fingerprint density at radius 3 is 2.11 bits per heavy atom. The number of fused-ring (bicyclic) bond motifs is 5. The maximum absolute atomic E-state index is 5.27. The maximum Gasteiger partial charge on any atom is 0.164 e. The molecule has 0 saturated heterocycles. The van der Waals surface area contributed by atoms with Gasteiger partial charge in [0.15, 0.2) is 17.5 Å². The monoisotopic (exact) mass is 848 g/mol. The second kappa shape index (κ2) is 16.4. The number of rotatable bonds is 6. The molecule has 8 aromatic rings. The largest absolute Gasteiger partial charge is 0.365 e. The van der Waals surface area contributed by atoms with Gasteiger partial charge < -0.3 is 4.90 Å². The summed E-state index contributed by atoms with van der Waals surface area (Å²) in [6.07, 6.45) is 9.73. The van der Waals surface area contributed by atoms with E-state index in [1.54, 1.807) is 11.8 Å². The molecule has 11 rings (SSSR count). The first-order valence-corrected chi connectivity index (χ1v) is 23.3. The number of benzene rings is 6. The molecule has 2 atom stereocenters. The molecule has 0 saturated carbocycles. The van der Waals surface area contributed by atoms with Gasteiger partial charge in [0.05, 0.1) is 6.04 Å². The van der Waals surface area contributed by atoms with Crippen LogP contribution in [0.25, 0.3) is 66.3 Å². The molecule has 0 bridgehead atoms. The summed E-state index contributed by atoms with van der Waals surface area (Å²) in [4.78, 5) is 20.7. The normalized spacial score (nSPS) is 18.6. The molecule has 0 amide bonds. The predicted molar refractivity (Wildman–Crippen MR) is 266 cm³/mol. The highest BCUT2D eigenvalue weighted by atomic mass is 32.2. The standard InChI is InChI=1S/C57H44N4S2/c1-36-16-14-23-44(35-62-48-26-12-10-24-45(36)48)57-59-55(41-19-8-5-9-20-41)58-56(60-57)43-22-15-21-42(34-43)53-54-51(47-25-11-13-27-49(47)63-54)50-46(33-28-37(2)52(50)61(53)3)40-31-29-39(30-32-40)38-17-6-4-7-18-38/h4-27,29-34,37,53H,1,28,35H2,2-3H3/b16-14-,44-23+. The van der Waals surface area contributed by atoms with Crippen LogP contribution in [0.4, 0.5) is 0 Å². The van der Waals surface area contributed by atoms with Crippen molar-refractivity contribution in [3.8, 4) is 33.9 Å². The average molecular weight is 849 g/mol. The van der Waals surface area contributed by atoms with Crippen LogP contribution in [0.2, 0.25) is 0 Å². The van der Waals surface area contributed by atoms with Gasteiger partial charge in [-0.3, -0.25) is 0 Å². The van der Waals surface area contributed by atoms with Crippen LogP contribution in [0.15, 0.2) is 199 Å². The summed E-state index contributed by atoms with van der Waals surface area (Å²) in [6.45, 7) is 6.75. The molecule has 2 unspecified atom stereocenters. The summed E-state index contributed by atoms with van der Waals surface area (Å²) < 4.78 is 1.30. The maximum atomic E-state index is 5.27. The number of hydrogen-bond acceptors (Lipinski definition) is 6. The lowest BCUT2D eigenvalue weighted by molar-refractivity contribution is 0.311. The van der Waals surface area contributed by atoms with E-state index in [4.69, 9.17) is 15.0 Å². The van der Waals surface area contributed by atoms with E-state index in [0.717, 1.165) is 34.3 Å². The molecule has 2 aromatic heterocycles. The van der Waals surface area contributed by atoms with Crippen molar-refractivity contribution in [1.29, 1.82) is 0 Å². The highest BCUT2D eigenvalue weighted by Gasteiger charge is 2.39. The van der Waals surface area contributed by atoms with Crippen LogP contribution in [-0.4, -0.2) is 32.7 Å². The zero-order valence-corrected chi connectivity index (χ0v) is 36.8. The number of thioether (sulfide) groups is 1. The van der Waals surface area contributed by atoms with Crippen molar-refractivity contribution in [3.05, 3.63) is 227 Å². The van der Waals surface area contributed by atoms with Gasteiger partial charge in [0.1, 0.15) is 0 Å². The molecule has 0 spiro atoms. The van der Waals surface area contributed by atoms with Crippen LogP contribution in [0.5, 0.6) is 0 Å². The number of hydrogen-bond donors (Lipinski definition) is 0. The van der Waals surface area contributed by atoms with Gasteiger partial charge in [-0.1, -0.05) is 177 Å². The van der Waals surface area contributed by atoms with Crippen molar-refractivity contribution in [3.63, 3.8) is 0 Å². The van der Waals surface area contributed by atoms with Crippen molar-refractivity contribution in [2.45, 2.75) is 24.3 Å². The third-order valence-electron chi connectivity index (χ3n) is 12.5. The van der Waals surface area contributed by atoms with Crippen LogP contribution in [0, 0.1) is 5.92 Å². The van der Waals surface area contributed by atoms with Gasteiger partial charge in [0.25, 0.3) is 0 Å². The quantitative estimate of drug-likeness (QED) is 0.167. The van der Waals surface area contributed by atoms with Gasteiger partial charge in [-0.05, 0) is 63.6 Å². The molecule has 6 aromatic carbocycles. The Balaban J connectivity index is 1.02. The number of aromatic nitrogens is 3. The van der Waals surface area contributed by atoms with Crippen LogP contribution >= 0.6 is 23.1 Å². The fraction of sp³-hybridized carbons (Fsp3) is 0.105. The molecular formula is C57H44N4S2.